The highest BCUT2D eigenvalue weighted by molar-refractivity contribution is 5.91. The van der Waals surface area contributed by atoms with E-state index in [9.17, 15) is 4.79 Å². The van der Waals surface area contributed by atoms with Crippen LogP contribution in [-0.4, -0.2) is 31.7 Å². The van der Waals surface area contributed by atoms with Crippen LogP contribution in [0.2, 0.25) is 0 Å². The van der Waals surface area contributed by atoms with Crippen LogP contribution < -0.4 is 10.6 Å². The van der Waals surface area contributed by atoms with Crippen LogP contribution in [0.25, 0.3) is 0 Å². The van der Waals surface area contributed by atoms with Crippen molar-refractivity contribution in [2.45, 2.75) is 32.8 Å². The topological polar surface area (TPSA) is 50.4 Å². The molecule has 1 heterocycles. The number of hydrogen-bond donors (Lipinski definition) is 2. The zero-order chi connectivity index (χ0) is 13.7. The molecule has 2 N–H and O–H groups in total. The van der Waals surface area contributed by atoms with Crippen LogP contribution in [0.5, 0.6) is 0 Å². The second-order valence-corrected chi connectivity index (χ2v) is 5.11. The molecule has 0 bridgehead atoms. The molecule has 1 saturated heterocycles. The summed E-state index contributed by atoms with van der Waals surface area (Å²) in [5.41, 5.74) is 3.24. The van der Waals surface area contributed by atoms with Crippen LogP contribution in [0, 0.1) is 13.8 Å². The molecule has 1 aromatic carbocycles. The number of ether oxygens (including phenoxy) is 1. The summed E-state index contributed by atoms with van der Waals surface area (Å²) in [6.07, 6.45) is 2.18. The molecule has 104 valence electrons. The molecule has 1 aromatic rings. The van der Waals surface area contributed by atoms with Gasteiger partial charge in [-0.25, -0.2) is 0 Å². The second kappa shape index (κ2) is 6.68. The van der Waals surface area contributed by atoms with Crippen molar-refractivity contribution in [3.8, 4) is 0 Å². The SMILES string of the molecule is Cc1ccc(NC(=O)COC2CCNCC2)cc1C. The van der Waals surface area contributed by atoms with Crippen molar-refractivity contribution in [2.75, 3.05) is 25.0 Å². The van der Waals surface area contributed by atoms with Crippen molar-refractivity contribution < 1.29 is 9.53 Å². The lowest BCUT2D eigenvalue weighted by Crippen LogP contribution is -2.34. The third-order valence-electron chi connectivity index (χ3n) is 3.53. The lowest BCUT2D eigenvalue weighted by Gasteiger charge is -2.22. The Hall–Kier alpha value is -1.39. The number of rotatable bonds is 4. The Morgan fingerprint density at radius 3 is 2.74 bits per heavy atom. The molecule has 0 aliphatic carbocycles. The smallest absolute Gasteiger partial charge is 0.250 e. The minimum Gasteiger partial charge on any atom is -0.368 e. The van der Waals surface area contributed by atoms with E-state index in [4.69, 9.17) is 4.74 Å². The van der Waals surface area contributed by atoms with Gasteiger partial charge < -0.3 is 15.4 Å². The maximum Gasteiger partial charge on any atom is 0.250 e. The maximum absolute atomic E-state index is 11.8. The number of aryl methyl sites for hydroxylation is 2. The molecular formula is C15H22N2O2. The van der Waals surface area contributed by atoms with Crippen molar-refractivity contribution in [1.29, 1.82) is 0 Å². The molecule has 0 aromatic heterocycles. The summed E-state index contributed by atoms with van der Waals surface area (Å²) in [6.45, 7) is 6.18. The third kappa shape index (κ3) is 4.33. The van der Waals surface area contributed by atoms with Crippen molar-refractivity contribution in [3.05, 3.63) is 29.3 Å². The molecule has 0 unspecified atom stereocenters. The zero-order valence-electron chi connectivity index (χ0n) is 11.7. The quantitative estimate of drug-likeness (QED) is 0.872. The first-order valence-electron chi connectivity index (χ1n) is 6.84. The molecule has 4 heteroatoms. The fraction of sp³-hybridized carbons (Fsp3) is 0.533. The molecule has 1 fully saturated rings. The van der Waals surface area contributed by atoms with Crippen molar-refractivity contribution in [1.82, 2.24) is 5.32 Å². The molecular weight excluding hydrogens is 240 g/mol. The standard InChI is InChI=1S/C15H22N2O2/c1-11-3-4-13(9-12(11)2)17-15(18)10-19-14-5-7-16-8-6-14/h3-4,9,14,16H,5-8,10H2,1-2H3,(H,17,18). The Balaban J connectivity index is 1.78. The van der Waals surface area contributed by atoms with Crippen LogP contribution in [0.1, 0.15) is 24.0 Å². The Morgan fingerprint density at radius 2 is 2.05 bits per heavy atom. The predicted molar refractivity (Wildman–Crippen MR) is 76.4 cm³/mol. The summed E-state index contributed by atoms with van der Waals surface area (Å²) in [4.78, 5) is 11.8. The normalized spacial score (nSPS) is 16.3. The van der Waals surface area contributed by atoms with Crippen LogP contribution >= 0.6 is 0 Å². The highest BCUT2D eigenvalue weighted by Gasteiger charge is 2.14. The lowest BCUT2D eigenvalue weighted by atomic mass is 10.1. The Kier molecular flexibility index (Phi) is 4.93. The van der Waals surface area contributed by atoms with Gasteiger partial charge >= 0.3 is 0 Å². The first-order valence-corrected chi connectivity index (χ1v) is 6.84. The summed E-state index contributed by atoms with van der Waals surface area (Å²) >= 11 is 0. The number of nitrogens with one attached hydrogen (secondary N) is 2. The van der Waals surface area contributed by atoms with Gasteiger partial charge in [0.05, 0.1) is 6.10 Å². The second-order valence-electron chi connectivity index (χ2n) is 5.11. The van der Waals surface area contributed by atoms with E-state index in [1.54, 1.807) is 0 Å². The number of hydrogen-bond acceptors (Lipinski definition) is 3. The Bertz CT molecular complexity index is 440. The van der Waals surface area contributed by atoms with E-state index in [1.165, 1.54) is 11.1 Å². The fourth-order valence-corrected chi connectivity index (χ4v) is 2.17. The number of anilines is 1. The minimum atomic E-state index is -0.0817. The van der Waals surface area contributed by atoms with Crippen LogP contribution in [-0.2, 0) is 9.53 Å². The van der Waals surface area contributed by atoms with E-state index in [0.717, 1.165) is 31.6 Å². The summed E-state index contributed by atoms with van der Waals surface area (Å²) in [5, 5.41) is 6.14. The van der Waals surface area contributed by atoms with E-state index >= 15 is 0 Å². The molecule has 0 spiro atoms. The molecule has 0 radical (unpaired) electrons. The molecule has 19 heavy (non-hydrogen) atoms. The van der Waals surface area contributed by atoms with E-state index in [-0.39, 0.29) is 18.6 Å². The van der Waals surface area contributed by atoms with Gasteiger partial charge in [-0.1, -0.05) is 6.07 Å². The number of carbonyl (C=O) groups is 1. The third-order valence-corrected chi connectivity index (χ3v) is 3.53. The summed E-state index contributed by atoms with van der Waals surface area (Å²) in [5.74, 6) is -0.0817. The van der Waals surface area contributed by atoms with Gasteiger partial charge in [-0.05, 0) is 63.0 Å². The Labute approximate surface area is 114 Å². The zero-order valence-corrected chi connectivity index (χ0v) is 11.7. The van der Waals surface area contributed by atoms with Gasteiger partial charge in [-0.15, -0.1) is 0 Å². The van der Waals surface area contributed by atoms with Crippen molar-refractivity contribution in [3.63, 3.8) is 0 Å². The summed E-state index contributed by atoms with van der Waals surface area (Å²) in [6, 6.07) is 5.92. The number of carbonyl (C=O) groups excluding carboxylic acids is 1. The van der Waals surface area contributed by atoms with E-state index < -0.39 is 0 Å². The average molecular weight is 262 g/mol. The molecule has 2 rings (SSSR count). The highest BCUT2D eigenvalue weighted by Crippen LogP contribution is 2.14. The van der Waals surface area contributed by atoms with Gasteiger partial charge in [0, 0.05) is 5.69 Å². The number of benzene rings is 1. The summed E-state index contributed by atoms with van der Waals surface area (Å²) in [7, 11) is 0. The van der Waals surface area contributed by atoms with Gasteiger partial charge in [0.2, 0.25) is 5.91 Å². The largest absolute Gasteiger partial charge is 0.368 e. The van der Waals surface area contributed by atoms with Crippen LogP contribution in [0.15, 0.2) is 18.2 Å². The minimum absolute atomic E-state index is 0.0817. The van der Waals surface area contributed by atoms with Crippen LogP contribution in [0.4, 0.5) is 5.69 Å². The fourth-order valence-electron chi connectivity index (χ4n) is 2.17. The predicted octanol–water partition coefficient (Wildman–Crippen LogP) is 2.01. The molecule has 4 nitrogen and oxygen atoms in total. The van der Waals surface area contributed by atoms with E-state index in [2.05, 4.69) is 17.6 Å². The maximum atomic E-state index is 11.8. The van der Waals surface area contributed by atoms with Crippen molar-refractivity contribution >= 4 is 11.6 Å². The van der Waals surface area contributed by atoms with E-state index in [0.29, 0.717) is 0 Å². The van der Waals surface area contributed by atoms with Gasteiger partial charge in [0.25, 0.3) is 0 Å². The lowest BCUT2D eigenvalue weighted by molar-refractivity contribution is -0.123. The average Bonchev–Trinajstić information content (AvgIpc) is 2.42. The Morgan fingerprint density at radius 1 is 1.32 bits per heavy atom. The molecule has 0 saturated carbocycles. The van der Waals surface area contributed by atoms with Gasteiger partial charge in [-0.3, -0.25) is 4.79 Å². The van der Waals surface area contributed by atoms with Crippen LogP contribution in [0.3, 0.4) is 0 Å². The monoisotopic (exact) mass is 262 g/mol. The number of piperidine rings is 1. The first kappa shape index (κ1) is 14.0. The molecule has 1 amide bonds. The van der Waals surface area contributed by atoms with Crippen molar-refractivity contribution in [2.24, 2.45) is 0 Å². The van der Waals surface area contributed by atoms with E-state index in [1.807, 2.05) is 25.1 Å². The molecule has 1 aliphatic heterocycles. The number of amides is 1. The molecule has 0 atom stereocenters. The molecule has 1 aliphatic rings. The first-order chi connectivity index (χ1) is 9.15. The van der Waals surface area contributed by atoms with Gasteiger partial charge in [0.1, 0.15) is 6.61 Å². The highest BCUT2D eigenvalue weighted by atomic mass is 16.5. The summed E-state index contributed by atoms with van der Waals surface area (Å²) < 4.78 is 5.62. The van der Waals surface area contributed by atoms with Gasteiger partial charge in [0.15, 0.2) is 0 Å². The van der Waals surface area contributed by atoms with Gasteiger partial charge in [-0.2, -0.15) is 0 Å².